The van der Waals surface area contributed by atoms with Gasteiger partial charge in [0.05, 0.1) is 13.2 Å². The second-order valence-electron chi connectivity index (χ2n) is 4.25. The lowest BCUT2D eigenvalue weighted by atomic mass is 9.90. The highest BCUT2D eigenvalue weighted by molar-refractivity contribution is 4.86. The van der Waals surface area contributed by atoms with Gasteiger partial charge in [0, 0.05) is 18.9 Å². The summed E-state index contributed by atoms with van der Waals surface area (Å²) in [5, 5.41) is 7.67. The Bertz CT molecular complexity index is 309. The summed E-state index contributed by atoms with van der Waals surface area (Å²) in [7, 11) is 0. The quantitative estimate of drug-likeness (QED) is 0.695. The lowest BCUT2D eigenvalue weighted by Gasteiger charge is -2.35. The van der Waals surface area contributed by atoms with Gasteiger partial charge in [0.2, 0.25) is 0 Å². The molecule has 2 aliphatic rings. The van der Waals surface area contributed by atoms with Crippen molar-refractivity contribution in [2.75, 3.05) is 13.2 Å². The van der Waals surface area contributed by atoms with Gasteiger partial charge in [-0.25, -0.2) is 0 Å². The predicted molar refractivity (Wildman–Crippen MR) is 52.2 cm³/mol. The second-order valence-corrected chi connectivity index (χ2v) is 4.25. The number of rotatable bonds is 1. The maximum Gasteiger partial charge on any atom is 0.168 e. The molecule has 2 heterocycles. The van der Waals surface area contributed by atoms with Crippen LogP contribution in [0.3, 0.4) is 0 Å². The van der Waals surface area contributed by atoms with Gasteiger partial charge in [0.1, 0.15) is 12.7 Å². The van der Waals surface area contributed by atoms with E-state index in [9.17, 15) is 0 Å². The Kier molecular flexibility index (Phi) is 2.21. The summed E-state index contributed by atoms with van der Waals surface area (Å²) in [4.78, 5) is 0. The van der Waals surface area contributed by atoms with Crippen molar-refractivity contribution in [2.24, 2.45) is 0 Å². The van der Waals surface area contributed by atoms with E-state index >= 15 is 0 Å². The summed E-state index contributed by atoms with van der Waals surface area (Å²) in [6, 6.07) is 0.512. The topological polar surface area (TPSA) is 49.2 Å². The third-order valence-corrected chi connectivity index (χ3v) is 3.39. The summed E-state index contributed by atoms with van der Waals surface area (Å²) in [6.45, 7) is 1.49. The smallest absolute Gasteiger partial charge is 0.168 e. The molecular formula is C10H15N3O2. The predicted octanol–water partition coefficient (Wildman–Crippen LogP) is 1.14. The largest absolute Gasteiger partial charge is 0.348 e. The van der Waals surface area contributed by atoms with E-state index in [0.29, 0.717) is 6.04 Å². The van der Waals surface area contributed by atoms with Crippen molar-refractivity contribution in [3.8, 4) is 0 Å². The molecule has 0 bridgehead atoms. The van der Waals surface area contributed by atoms with Crippen LogP contribution in [0.2, 0.25) is 0 Å². The van der Waals surface area contributed by atoms with E-state index in [1.165, 1.54) is 0 Å². The molecular weight excluding hydrogens is 194 g/mol. The number of hydrogen-bond acceptors (Lipinski definition) is 4. The summed E-state index contributed by atoms with van der Waals surface area (Å²) in [5.74, 6) is -0.259. The van der Waals surface area contributed by atoms with Crippen LogP contribution in [0.4, 0.5) is 0 Å². The van der Waals surface area contributed by atoms with Crippen molar-refractivity contribution in [3.63, 3.8) is 0 Å². The van der Waals surface area contributed by atoms with Gasteiger partial charge in [0.25, 0.3) is 0 Å². The van der Waals surface area contributed by atoms with E-state index in [2.05, 4.69) is 14.8 Å². The fourth-order valence-electron chi connectivity index (χ4n) is 2.52. The molecule has 5 nitrogen and oxygen atoms in total. The van der Waals surface area contributed by atoms with Crippen molar-refractivity contribution >= 4 is 0 Å². The molecule has 0 unspecified atom stereocenters. The van der Waals surface area contributed by atoms with E-state index in [-0.39, 0.29) is 5.79 Å². The summed E-state index contributed by atoms with van der Waals surface area (Å²) in [6.07, 6.45) is 7.71. The minimum Gasteiger partial charge on any atom is -0.348 e. The molecule has 3 rings (SSSR count). The Morgan fingerprint density at radius 1 is 1.07 bits per heavy atom. The maximum absolute atomic E-state index is 5.68. The molecule has 5 heteroatoms. The monoisotopic (exact) mass is 209 g/mol. The first kappa shape index (κ1) is 9.30. The standard InChI is InChI=1S/C10H15N3O2/c1-3-10(14-5-6-15-10)4-2-9(1)13-7-11-12-8-13/h7-9H,1-6H2. The molecule has 1 saturated carbocycles. The highest BCUT2D eigenvalue weighted by atomic mass is 16.7. The molecule has 1 aromatic heterocycles. The van der Waals surface area contributed by atoms with E-state index in [4.69, 9.17) is 9.47 Å². The van der Waals surface area contributed by atoms with Gasteiger partial charge in [-0.2, -0.15) is 0 Å². The summed E-state index contributed by atoms with van der Waals surface area (Å²) < 4.78 is 13.5. The molecule has 1 saturated heterocycles. The maximum atomic E-state index is 5.68. The van der Waals surface area contributed by atoms with Crippen molar-refractivity contribution in [1.82, 2.24) is 14.8 Å². The number of aromatic nitrogens is 3. The zero-order chi connectivity index (χ0) is 10.1. The molecule has 0 amide bonds. The zero-order valence-corrected chi connectivity index (χ0v) is 8.63. The zero-order valence-electron chi connectivity index (χ0n) is 8.63. The molecule has 1 spiro atoms. The lowest BCUT2D eigenvalue weighted by Crippen LogP contribution is -2.35. The van der Waals surface area contributed by atoms with Crippen LogP contribution in [-0.2, 0) is 9.47 Å². The van der Waals surface area contributed by atoms with Crippen LogP contribution < -0.4 is 0 Å². The Labute approximate surface area is 88.4 Å². The minimum atomic E-state index is -0.259. The van der Waals surface area contributed by atoms with Gasteiger partial charge in [-0.05, 0) is 12.8 Å². The van der Waals surface area contributed by atoms with E-state index in [1.807, 2.05) is 0 Å². The van der Waals surface area contributed by atoms with E-state index in [0.717, 1.165) is 38.9 Å². The van der Waals surface area contributed by atoms with Crippen LogP contribution in [0.5, 0.6) is 0 Å². The third-order valence-electron chi connectivity index (χ3n) is 3.39. The van der Waals surface area contributed by atoms with Gasteiger partial charge in [-0.15, -0.1) is 10.2 Å². The van der Waals surface area contributed by atoms with Gasteiger partial charge < -0.3 is 14.0 Å². The van der Waals surface area contributed by atoms with Gasteiger partial charge in [-0.1, -0.05) is 0 Å². The fourth-order valence-corrected chi connectivity index (χ4v) is 2.52. The third kappa shape index (κ3) is 1.66. The molecule has 1 aliphatic carbocycles. The Hall–Kier alpha value is -0.940. The fraction of sp³-hybridized carbons (Fsp3) is 0.800. The van der Waals surface area contributed by atoms with Crippen molar-refractivity contribution in [1.29, 1.82) is 0 Å². The molecule has 1 aromatic rings. The molecule has 2 fully saturated rings. The first-order valence-electron chi connectivity index (χ1n) is 5.50. The number of hydrogen-bond donors (Lipinski definition) is 0. The van der Waals surface area contributed by atoms with Crippen LogP contribution in [0, 0.1) is 0 Å². The lowest BCUT2D eigenvalue weighted by molar-refractivity contribution is -0.181. The van der Waals surface area contributed by atoms with Crippen molar-refractivity contribution in [2.45, 2.75) is 37.5 Å². The van der Waals surface area contributed by atoms with Gasteiger partial charge in [0.15, 0.2) is 5.79 Å². The van der Waals surface area contributed by atoms with Crippen LogP contribution in [0.25, 0.3) is 0 Å². The first-order chi connectivity index (χ1) is 7.38. The molecule has 15 heavy (non-hydrogen) atoms. The van der Waals surface area contributed by atoms with Gasteiger partial charge >= 0.3 is 0 Å². The summed E-state index contributed by atoms with van der Waals surface area (Å²) >= 11 is 0. The minimum absolute atomic E-state index is 0.259. The highest BCUT2D eigenvalue weighted by Crippen LogP contribution is 2.39. The Morgan fingerprint density at radius 3 is 2.27 bits per heavy atom. The average molecular weight is 209 g/mol. The number of ether oxygens (including phenoxy) is 2. The van der Waals surface area contributed by atoms with Crippen LogP contribution in [-0.4, -0.2) is 33.8 Å². The van der Waals surface area contributed by atoms with Crippen molar-refractivity contribution in [3.05, 3.63) is 12.7 Å². The Balaban J connectivity index is 1.65. The molecule has 0 atom stereocenters. The Morgan fingerprint density at radius 2 is 1.67 bits per heavy atom. The van der Waals surface area contributed by atoms with Crippen LogP contribution in [0.1, 0.15) is 31.7 Å². The molecule has 1 aliphatic heterocycles. The van der Waals surface area contributed by atoms with Crippen LogP contribution in [0.15, 0.2) is 12.7 Å². The van der Waals surface area contributed by atoms with Crippen LogP contribution >= 0.6 is 0 Å². The molecule has 0 radical (unpaired) electrons. The molecule has 82 valence electrons. The summed E-state index contributed by atoms with van der Waals surface area (Å²) in [5.41, 5.74) is 0. The van der Waals surface area contributed by atoms with E-state index < -0.39 is 0 Å². The first-order valence-corrected chi connectivity index (χ1v) is 5.50. The van der Waals surface area contributed by atoms with Gasteiger partial charge in [-0.3, -0.25) is 0 Å². The normalized spacial score (nSPS) is 26.1. The number of nitrogens with zero attached hydrogens (tertiary/aromatic N) is 3. The highest BCUT2D eigenvalue weighted by Gasteiger charge is 2.40. The SMILES string of the molecule is c1nncn1C1CCC2(CC1)OCCO2. The second kappa shape index (κ2) is 3.57. The van der Waals surface area contributed by atoms with E-state index in [1.54, 1.807) is 12.7 Å². The molecule has 0 N–H and O–H groups in total. The van der Waals surface area contributed by atoms with Crippen molar-refractivity contribution < 1.29 is 9.47 Å². The average Bonchev–Trinajstić information content (AvgIpc) is 2.91. The molecule has 0 aromatic carbocycles.